The van der Waals surface area contributed by atoms with E-state index in [2.05, 4.69) is 15.6 Å². The Labute approximate surface area is 162 Å². The number of nitrogens with zero attached hydrogens (tertiary/aromatic N) is 1. The molecule has 1 heterocycles. The molecule has 2 aromatic carbocycles. The zero-order valence-corrected chi connectivity index (χ0v) is 15.4. The summed E-state index contributed by atoms with van der Waals surface area (Å²) in [5.74, 6) is -5.95. The van der Waals surface area contributed by atoms with Crippen molar-refractivity contribution in [1.29, 1.82) is 0 Å². The van der Waals surface area contributed by atoms with Crippen molar-refractivity contribution >= 4 is 28.8 Å². The molecule has 2 amide bonds. The molecule has 0 aliphatic heterocycles. The van der Waals surface area contributed by atoms with Crippen LogP contribution in [-0.2, 0) is 4.79 Å². The maximum absolute atomic E-state index is 13.5. The van der Waals surface area contributed by atoms with Crippen LogP contribution in [-0.4, -0.2) is 23.3 Å². The van der Waals surface area contributed by atoms with Crippen LogP contribution >= 0.6 is 11.3 Å². The van der Waals surface area contributed by atoms with Gasteiger partial charge in [0.15, 0.2) is 17.5 Å². The van der Waals surface area contributed by atoms with E-state index in [0.717, 1.165) is 17.2 Å². The summed E-state index contributed by atoms with van der Waals surface area (Å²) in [7, 11) is 0. The first-order chi connectivity index (χ1) is 13.3. The second-order valence-corrected chi connectivity index (χ2v) is 6.72. The van der Waals surface area contributed by atoms with Gasteiger partial charge in [0.05, 0.1) is 12.2 Å². The van der Waals surface area contributed by atoms with E-state index >= 15 is 0 Å². The van der Waals surface area contributed by atoms with Gasteiger partial charge in [-0.3, -0.25) is 9.59 Å². The lowest BCUT2D eigenvalue weighted by Crippen LogP contribution is -2.33. The zero-order chi connectivity index (χ0) is 20.3. The summed E-state index contributed by atoms with van der Waals surface area (Å²) in [5.41, 5.74) is 1.57. The van der Waals surface area contributed by atoms with Gasteiger partial charge in [-0.2, -0.15) is 0 Å². The van der Waals surface area contributed by atoms with Crippen LogP contribution in [0.15, 0.2) is 41.8 Å². The van der Waals surface area contributed by atoms with Crippen LogP contribution in [0.3, 0.4) is 0 Å². The molecule has 0 unspecified atom stereocenters. The van der Waals surface area contributed by atoms with Crippen LogP contribution < -0.4 is 10.6 Å². The van der Waals surface area contributed by atoms with Crippen LogP contribution in [0.2, 0.25) is 0 Å². The molecule has 2 N–H and O–H groups in total. The van der Waals surface area contributed by atoms with E-state index in [0.29, 0.717) is 11.1 Å². The van der Waals surface area contributed by atoms with E-state index in [-0.39, 0.29) is 5.69 Å². The van der Waals surface area contributed by atoms with Gasteiger partial charge in [0.1, 0.15) is 10.7 Å². The lowest BCUT2D eigenvalue weighted by molar-refractivity contribution is -0.115. The average molecular weight is 405 g/mol. The highest BCUT2D eigenvalue weighted by Crippen LogP contribution is 2.24. The highest BCUT2D eigenvalue weighted by molar-refractivity contribution is 7.13. The lowest BCUT2D eigenvalue weighted by atomic mass is 10.2. The normalized spacial score (nSPS) is 10.6. The van der Waals surface area contributed by atoms with Crippen molar-refractivity contribution in [2.75, 3.05) is 11.9 Å². The monoisotopic (exact) mass is 405 g/mol. The summed E-state index contributed by atoms with van der Waals surface area (Å²) in [4.78, 5) is 28.2. The molecule has 1 aromatic heterocycles. The Hall–Kier alpha value is -3.20. The number of carbonyl (C=O) groups excluding carboxylic acids is 2. The molecule has 0 atom stereocenters. The maximum Gasteiger partial charge on any atom is 0.271 e. The molecule has 0 fully saturated rings. The van der Waals surface area contributed by atoms with Crippen LogP contribution in [0, 0.1) is 24.4 Å². The van der Waals surface area contributed by atoms with Gasteiger partial charge in [-0.05, 0) is 19.1 Å². The summed E-state index contributed by atoms with van der Waals surface area (Å²) >= 11 is 1.28. The fourth-order valence-electron chi connectivity index (χ4n) is 2.27. The van der Waals surface area contributed by atoms with E-state index in [1.165, 1.54) is 11.3 Å². The summed E-state index contributed by atoms with van der Waals surface area (Å²) in [6.45, 7) is 1.47. The van der Waals surface area contributed by atoms with Crippen LogP contribution in [0.5, 0.6) is 0 Å². The third kappa shape index (κ3) is 4.37. The van der Waals surface area contributed by atoms with Crippen molar-refractivity contribution in [3.63, 3.8) is 0 Å². The first kappa shape index (κ1) is 19.6. The van der Waals surface area contributed by atoms with E-state index in [1.807, 2.05) is 31.2 Å². The standard InChI is InChI=1S/C19H14F3N3O2S/c1-10-2-4-11(5-3-10)19-25-14(9-28-19)18(27)23-8-15(26)24-13-7-6-12(20)16(21)17(13)22/h2-7,9H,8H2,1H3,(H,23,27)(H,24,26). The van der Waals surface area contributed by atoms with Gasteiger partial charge in [-0.1, -0.05) is 29.8 Å². The molecule has 0 radical (unpaired) electrons. The number of hydrogen-bond acceptors (Lipinski definition) is 4. The van der Waals surface area contributed by atoms with Gasteiger partial charge in [-0.25, -0.2) is 18.2 Å². The molecule has 0 aliphatic carbocycles. The molecular weight excluding hydrogens is 391 g/mol. The first-order valence-electron chi connectivity index (χ1n) is 8.09. The molecule has 0 spiro atoms. The molecule has 0 aliphatic rings. The summed E-state index contributed by atoms with van der Waals surface area (Å²) < 4.78 is 39.6. The molecule has 3 aromatic rings. The number of rotatable bonds is 5. The number of aryl methyl sites for hydroxylation is 1. The topological polar surface area (TPSA) is 71.1 Å². The van der Waals surface area contributed by atoms with Gasteiger partial charge in [0, 0.05) is 10.9 Å². The van der Waals surface area contributed by atoms with Crippen LogP contribution in [0.25, 0.3) is 10.6 Å². The van der Waals surface area contributed by atoms with Gasteiger partial charge in [0.2, 0.25) is 5.91 Å². The van der Waals surface area contributed by atoms with Crippen LogP contribution in [0.4, 0.5) is 18.9 Å². The smallest absolute Gasteiger partial charge is 0.271 e. The van der Waals surface area contributed by atoms with E-state index in [9.17, 15) is 22.8 Å². The van der Waals surface area contributed by atoms with Crippen LogP contribution in [0.1, 0.15) is 16.1 Å². The third-order valence-electron chi connectivity index (χ3n) is 3.75. The number of aromatic nitrogens is 1. The van der Waals surface area contributed by atoms with Crippen molar-refractivity contribution in [3.8, 4) is 10.6 Å². The Balaban J connectivity index is 1.59. The minimum Gasteiger partial charge on any atom is -0.342 e. The number of anilines is 1. The number of halogens is 3. The summed E-state index contributed by atoms with van der Waals surface area (Å²) in [5, 5.41) is 6.61. The molecule has 3 rings (SSSR count). The molecule has 0 saturated carbocycles. The molecule has 28 heavy (non-hydrogen) atoms. The number of carbonyl (C=O) groups is 2. The van der Waals surface area contributed by atoms with Gasteiger partial charge >= 0.3 is 0 Å². The molecule has 144 valence electrons. The number of thiazole rings is 1. The maximum atomic E-state index is 13.5. The Bertz CT molecular complexity index is 1040. The second-order valence-electron chi connectivity index (χ2n) is 5.86. The Morgan fingerprint density at radius 1 is 1.04 bits per heavy atom. The van der Waals surface area contributed by atoms with Crippen molar-refractivity contribution < 1.29 is 22.8 Å². The molecule has 0 saturated heterocycles. The summed E-state index contributed by atoms with van der Waals surface area (Å²) in [6, 6.07) is 9.21. The Kier molecular flexibility index (Phi) is 5.74. The number of hydrogen-bond donors (Lipinski definition) is 2. The first-order valence-corrected chi connectivity index (χ1v) is 8.97. The van der Waals surface area contributed by atoms with E-state index < -0.39 is 41.5 Å². The lowest BCUT2D eigenvalue weighted by Gasteiger charge is -2.08. The fourth-order valence-corrected chi connectivity index (χ4v) is 3.08. The largest absolute Gasteiger partial charge is 0.342 e. The van der Waals surface area contributed by atoms with Crippen molar-refractivity contribution in [3.05, 3.63) is 70.5 Å². The van der Waals surface area contributed by atoms with Crippen molar-refractivity contribution in [2.45, 2.75) is 6.92 Å². The fraction of sp³-hybridized carbons (Fsp3) is 0.105. The predicted molar refractivity (Wildman–Crippen MR) is 99.6 cm³/mol. The number of nitrogens with one attached hydrogen (secondary N) is 2. The Morgan fingerprint density at radius 2 is 1.75 bits per heavy atom. The highest BCUT2D eigenvalue weighted by Gasteiger charge is 2.17. The number of benzene rings is 2. The highest BCUT2D eigenvalue weighted by atomic mass is 32.1. The van der Waals surface area contributed by atoms with Crippen molar-refractivity contribution in [1.82, 2.24) is 10.3 Å². The minimum absolute atomic E-state index is 0.132. The van der Waals surface area contributed by atoms with Crippen molar-refractivity contribution in [2.24, 2.45) is 0 Å². The Morgan fingerprint density at radius 3 is 2.46 bits per heavy atom. The minimum atomic E-state index is -1.69. The molecular formula is C19H14F3N3O2S. The molecule has 5 nitrogen and oxygen atoms in total. The third-order valence-corrected chi connectivity index (χ3v) is 4.65. The van der Waals surface area contributed by atoms with Gasteiger partial charge < -0.3 is 10.6 Å². The molecule has 9 heteroatoms. The molecule has 0 bridgehead atoms. The SMILES string of the molecule is Cc1ccc(-c2nc(C(=O)NCC(=O)Nc3ccc(F)c(F)c3F)cs2)cc1. The van der Waals surface area contributed by atoms with Gasteiger partial charge in [-0.15, -0.1) is 11.3 Å². The zero-order valence-electron chi connectivity index (χ0n) is 14.6. The van der Waals surface area contributed by atoms with Gasteiger partial charge in [0.25, 0.3) is 5.91 Å². The number of amides is 2. The van der Waals surface area contributed by atoms with E-state index in [4.69, 9.17) is 0 Å². The average Bonchev–Trinajstić information content (AvgIpc) is 3.17. The summed E-state index contributed by atoms with van der Waals surface area (Å²) in [6.07, 6.45) is 0. The quantitative estimate of drug-likeness (QED) is 0.633. The second kappa shape index (κ2) is 8.22. The van der Waals surface area contributed by atoms with E-state index in [1.54, 1.807) is 5.38 Å². The predicted octanol–water partition coefficient (Wildman–Crippen LogP) is 3.90.